The van der Waals surface area contributed by atoms with Crippen LogP contribution in [0.1, 0.15) is 40.0 Å². The zero-order valence-electron chi connectivity index (χ0n) is 17.2. The summed E-state index contributed by atoms with van der Waals surface area (Å²) in [5, 5.41) is 10.6. The van der Waals surface area contributed by atoms with E-state index in [1.807, 2.05) is 0 Å². The van der Waals surface area contributed by atoms with E-state index in [2.05, 4.69) is 60.9 Å². The van der Waals surface area contributed by atoms with E-state index in [0.717, 1.165) is 38.6 Å². The molecule has 0 spiro atoms. The highest BCUT2D eigenvalue weighted by atomic mass is 16.5. The van der Waals surface area contributed by atoms with Gasteiger partial charge in [-0.1, -0.05) is 39.0 Å². The highest BCUT2D eigenvalue weighted by Gasteiger charge is 2.60. The van der Waals surface area contributed by atoms with E-state index in [0.29, 0.717) is 12.0 Å². The summed E-state index contributed by atoms with van der Waals surface area (Å²) in [5.74, 6) is 0.788. The Kier molecular flexibility index (Phi) is 5.26. The number of anilines is 1. The largest absolute Gasteiger partial charge is 0.389 e. The maximum Gasteiger partial charge on any atom is 0.0900 e. The van der Waals surface area contributed by atoms with Crippen molar-refractivity contribution in [2.24, 2.45) is 16.7 Å². The Labute approximate surface area is 164 Å². The highest BCUT2D eigenvalue weighted by molar-refractivity contribution is 5.46. The molecule has 27 heavy (non-hydrogen) atoms. The van der Waals surface area contributed by atoms with Crippen molar-refractivity contribution in [1.82, 2.24) is 4.90 Å². The first-order valence-corrected chi connectivity index (χ1v) is 10.7. The first-order chi connectivity index (χ1) is 12.9. The number of hydrogen-bond donors (Lipinski definition) is 1. The lowest BCUT2D eigenvalue weighted by molar-refractivity contribution is -0.113. The molecule has 4 nitrogen and oxygen atoms in total. The molecule has 0 aromatic heterocycles. The third-order valence-corrected chi connectivity index (χ3v) is 7.56. The molecule has 2 saturated carbocycles. The predicted octanol–water partition coefficient (Wildman–Crippen LogP) is 3.40. The van der Waals surface area contributed by atoms with Gasteiger partial charge in [-0.2, -0.15) is 0 Å². The molecule has 1 aromatic rings. The van der Waals surface area contributed by atoms with Crippen LogP contribution in [-0.2, 0) is 4.74 Å². The molecule has 3 fully saturated rings. The maximum atomic E-state index is 10.6. The molecule has 3 aliphatic rings. The fourth-order valence-corrected chi connectivity index (χ4v) is 6.06. The van der Waals surface area contributed by atoms with Crippen LogP contribution < -0.4 is 4.90 Å². The van der Waals surface area contributed by atoms with E-state index in [1.54, 1.807) is 0 Å². The summed E-state index contributed by atoms with van der Waals surface area (Å²) in [6.07, 6.45) is 3.81. The van der Waals surface area contributed by atoms with Crippen LogP contribution in [0, 0.1) is 16.7 Å². The van der Waals surface area contributed by atoms with Gasteiger partial charge in [0.25, 0.3) is 0 Å². The first kappa shape index (κ1) is 19.2. The second kappa shape index (κ2) is 7.38. The summed E-state index contributed by atoms with van der Waals surface area (Å²) < 4.78 is 6.36. The van der Waals surface area contributed by atoms with Crippen LogP contribution in [0.4, 0.5) is 5.69 Å². The van der Waals surface area contributed by atoms with Crippen LogP contribution in [0.2, 0.25) is 0 Å². The van der Waals surface area contributed by atoms with Crippen molar-refractivity contribution in [1.29, 1.82) is 0 Å². The van der Waals surface area contributed by atoms with Crippen LogP contribution in [-0.4, -0.2) is 61.5 Å². The minimum absolute atomic E-state index is 0.244. The lowest BCUT2D eigenvalue weighted by atomic mass is 9.70. The molecular weight excluding hydrogens is 336 g/mol. The molecule has 0 radical (unpaired) electrons. The zero-order chi connectivity index (χ0) is 19.1. The molecule has 4 rings (SSSR count). The van der Waals surface area contributed by atoms with Gasteiger partial charge in [-0.3, -0.25) is 4.90 Å². The van der Waals surface area contributed by atoms with E-state index in [9.17, 15) is 5.11 Å². The first-order valence-electron chi connectivity index (χ1n) is 10.7. The van der Waals surface area contributed by atoms with Gasteiger partial charge in [0, 0.05) is 38.4 Å². The van der Waals surface area contributed by atoms with Gasteiger partial charge in [0.1, 0.15) is 0 Å². The van der Waals surface area contributed by atoms with Crippen molar-refractivity contribution in [2.75, 3.05) is 44.2 Å². The predicted molar refractivity (Wildman–Crippen MR) is 110 cm³/mol. The van der Waals surface area contributed by atoms with Crippen molar-refractivity contribution >= 4 is 5.69 Å². The lowest BCUT2D eigenvalue weighted by Crippen LogP contribution is -2.50. The second-order valence-electron chi connectivity index (χ2n) is 9.91. The topological polar surface area (TPSA) is 35.9 Å². The standard InChI is InChI=1S/C23H36N2O2/c1-22(2)18-9-10-23(3,15-18)21(22)27-17-20(26)16-24-11-13-25(14-12-24)19-7-5-4-6-8-19/h4-8,18,20-21,26H,9-17H2,1-3H3/t18-,20-,21+,23+/m0/s1. The summed E-state index contributed by atoms with van der Waals surface area (Å²) in [6.45, 7) is 12.3. The van der Waals surface area contributed by atoms with E-state index >= 15 is 0 Å². The number of piperazine rings is 1. The summed E-state index contributed by atoms with van der Waals surface area (Å²) >= 11 is 0. The number of nitrogens with zero attached hydrogens (tertiary/aromatic N) is 2. The fraction of sp³-hybridized carbons (Fsp3) is 0.739. The molecule has 1 heterocycles. The number of ether oxygens (including phenoxy) is 1. The SMILES string of the molecule is CC1(C)[C@H]2CC[C@](C)(C2)[C@@H]1OC[C@@H](O)CN1CCN(c2ccccc2)CC1. The van der Waals surface area contributed by atoms with Crippen molar-refractivity contribution in [3.8, 4) is 0 Å². The summed E-state index contributed by atoms with van der Waals surface area (Å²) in [7, 11) is 0. The Morgan fingerprint density at radius 2 is 1.81 bits per heavy atom. The smallest absolute Gasteiger partial charge is 0.0900 e. The number of rotatable bonds is 6. The molecule has 1 N–H and O–H groups in total. The number of fused-ring (bicyclic) bond motifs is 2. The van der Waals surface area contributed by atoms with Gasteiger partial charge >= 0.3 is 0 Å². The van der Waals surface area contributed by atoms with Gasteiger partial charge in [0.15, 0.2) is 0 Å². The number of benzene rings is 1. The number of β-amino-alcohol motifs (C(OH)–C–C–N with tert-alkyl or cyclic N) is 1. The fourth-order valence-electron chi connectivity index (χ4n) is 6.06. The maximum absolute atomic E-state index is 10.6. The Hall–Kier alpha value is -1.10. The molecule has 0 unspecified atom stereocenters. The van der Waals surface area contributed by atoms with Crippen LogP contribution in [0.25, 0.3) is 0 Å². The van der Waals surface area contributed by atoms with Crippen molar-refractivity contribution in [2.45, 2.75) is 52.2 Å². The highest BCUT2D eigenvalue weighted by Crippen LogP contribution is 2.63. The number of aliphatic hydroxyl groups excluding tert-OH is 1. The minimum atomic E-state index is -0.396. The average molecular weight is 373 g/mol. The van der Waals surface area contributed by atoms with Gasteiger partial charge < -0.3 is 14.7 Å². The molecule has 0 amide bonds. The van der Waals surface area contributed by atoms with Gasteiger partial charge in [-0.15, -0.1) is 0 Å². The number of para-hydroxylation sites is 1. The van der Waals surface area contributed by atoms with Crippen molar-refractivity contribution in [3.63, 3.8) is 0 Å². The molecule has 1 aliphatic heterocycles. The summed E-state index contributed by atoms with van der Waals surface area (Å²) in [4.78, 5) is 4.80. The van der Waals surface area contributed by atoms with Crippen LogP contribution in [0.3, 0.4) is 0 Å². The van der Waals surface area contributed by atoms with Crippen molar-refractivity contribution < 1.29 is 9.84 Å². The zero-order valence-corrected chi connectivity index (χ0v) is 17.2. The Bertz CT molecular complexity index is 622. The minimum Gasteiger partial charge on any atom is -0.389 e. The van der Waals surface area contributed by atoms with Crippen molar-refractivity contribution in [3.05, 3.63) is 30.3 Å². The Morgan fingerprint density at radius 1 is 1.11 bits per heavy atom. The Balaban J connectivity index is 1.23. The van der Waals surface area contributed by atoms with E-state index in [-0.39, 0.29) is 11.5 Å². The quantitative estimate of drug-likeness (QED) is 0.830. The molecule has 4 heteroatoms. The molecule has 1 saturated heterocycles. The van der Waals surface area contributed by atoms with E-state index in [4.69, 9.17) is 4.74 Å². The number of hydrogen-bond acceptors (Lipinski definition) is 4. The normalized spacial score (nSPS) is 34.1. The van der Waals surface area contributed by atoms with Crippen LogP contribution in [0.5, 0.6) is 0 Å². The third kappa shape index (κ3) is 3.76. The van der Waals surface area contributed by atoms with Gasteiger partial charge in [0.05, 0.1) is 18.8 Å². The molecule has 1 aromatic carbocycles. The molecule has 4 atom stereocenters. The lowest BCUT2D eigenvalue weighted by Gasteiger charge is -2.43. The van der Waals surface area contributed by atoms with E-state index in [1.165, 1.54) is 24.9 Å². The third-order valence-electron chi connectivity index (χ3n) is 7.56. The summed E-state index contributed by atoms with van der Waals surface area (Å²) in [6, 6.07) is 10.6. The van der Waals surface area contributed by atoms with Gasteiger partial charge in [-0.25, -0.2) is 0 Å². The monoisotopic (exact) mass is 372 g/mol. The molecule has 2 bridgehead atoms. The molecule has 2 aliphatic carbocycles. The van der Waals surface area contributed by atoms with Gasteiger partial charge in [-0.05, 0) is 48.1 Å². The molecular formula is C23H36N2O2. The van der Waals surface area contributed by atoms with E-state index < -0.39 is 6.10 Å². The number of aliphatic hydroxyl groups is 1. The average Bonchev–Trinajstić information content (AvgIpc) is 3.14. The van der Waals surface area contributed by atoms with Gasteiger partial charge in [0.2, 0.25) is 0 Å². The second-order valence-corrected chi connectivity index (χ2v) is 9.91. The van der Waals surface area contributed by atoms with Crippen LogP contribution >= 0.6 is 0 Å². The Morgan fingerprint density at radius 3 is 2.44 bits per heavy atom. The summed E-state index contributed by atoms with van der Waals surface area (Å²) in [5.41, 5.74) is 1.86. The van der Waals surface area contributed by atoms with Crippen LogP contribution in [0.15, 0.2) is 30.3 Å². The molecule has 150 valence electrons.